The van der Waals surface area contributed by atoms with Gasteiger partial charge in [0.05, 0.1) is 4.92 Å². The molecule has 4 aromatic rings. The summed E-state index contributed by atoms with van der Waals surface area (Å²) >= 11 is 0. The number of anilines is 1. The summed E-state index contributed by atoms with van der Waals surface area (Å²) in [4.78, 5) is 27.8. The quantitative estimate of drug-likeness (QED) is 0.355. The Morgan fingerprint density at radius 3 is 2.60 bits per heavy atom. The summed E-state index contributed by atoms with van der Waals surface area (Å²) in [5.41, 5.74) is 5.51. The van der Waals surface area contributed by atoms with Gasteiger partial charge in [0.15, 0.2) is 5.58 Å². The molecular weight excluding hydrogens is 382 g/mol. The van der Waals surface area contributed by atoms with E-state index in [4.69, 9.17) is 4.42 Å². The Labute approximate surface area is 172 Å². The molecule has 0 unspecified atom stereocenters. The molecule has 7 nitrogen and oxygen atoms in total. The molecule has 1 amide bonds. The number of amides is 1. The first kappa shape index (κ1) is 19.3. The number of carbonyl (C=O) groups excluding carboxylic acids is 1. The number of fused-ring (bicyclic) bond motifs is 1. The summed E-state index contributed by atoms with van der Waals surface area (Å²) in [6.07, 6.45) is 0. The number of hydrogen-bond donors (Lipinski definition) is 1. The van der Waals surface area contributed by atoms with Crippen LogP contribution in [0.15, 0.2) is 59.0 Å². The molecule has 1 heterocycles. The van der Waals surface area contributed by atoms with E-state index in [0.717, 1.165) is 27.8 Å². The fourth-order valence-corrected chi connectivity index (χ4v) is 3.38. The highest BCUT2D eigenvalue weighted by Gasteiger charge is 2.16. The van der Waals surface area contributed by atoms with Gasteiger partial charge in [-0.1, -0.05) is 18.2 Å². The molecule has 0 saturated carbocycles. The van der Waals surface area contributed by atoms with Crippen molar-refractivity contribution in [2.24, 2.45) is 0 Å². The van der Waals surface area contributed by atoms with Crippen LogP contribution in [0.4, 0.5) is 11.4 Å². The third-order valence-electron chi connectivity index (χ3n) is 4.86. The molecule has 0 aliphatic heterocycles. The van der Waals surface area contributed by atoms with Gasteiger partial charge in [0.25, 0.3) is 11.6 Å². The number of carbonyl (C=O) groups is 1. The Balaban J connectivity index is 1.63. The van der Waals surface area contributed by atoms with Crippen LogP contribution in [0.1, 0.15) is 27.0 Å². The topological polar surface area (TPSA) is 98.3 Å². The fourth-order valence-electron chi connectivity index (χ4n) is 3.38. The zero-order valence-corrected chi connectivity index (χ0v) is 16.7. The Kier molecular flexibility index (Phi) is 4.79. The van der Waals surface area contributed by atoms with Gasteiger partial charge in [-0.15, -0.1) is 0 Å². The first-order valence-corrected chi connectivity index (χ1v) is 9.36. The lowest BCUT2D eigenvalue weighted by Crippen LogP contribution is -2.12. The van der Waals surface area contributed by atoms with Crippen LogP contribution in [0, 0.1) is 30.9 Å². The third-order valence-corrected chi connectivity index (χ3v) is 4.86. The van der Waals surface area contributed by atoms with Crippen LogP contribution in [0.25, 0.3) is 22.6 Å². The first-order chi connectivity index (χ1) is 14.3. The van der Waals surface area contributed by atoms with Gasteiger partial charge in [0.2, 0.25) is 5.89 Å². The molecule has 0 spiro atoms. The van der Waals surface area contributed by atoms with Gasteiger partial charge in [-0.3, -0.25) is 14.9 Å². The highest BCUT2D eigenvalue weighted by molar-refractivity contribution is 6.05. The molecule has 0 bridgehead atoms. The first-order valence-electron chi connectivity index (χ1n) is 9.36. The van der Waals surface area contributed by atoms with Gasteiger partial charge in [-0.2, -0.15) is 0 Å². The van der Waals surface area contributed by atoms with Gasteiger partial charge >= 0.3 is 0 Å². The average molecular weight is 401 g/mol. The molecule has 0 aliphatic carbocycles. The highest BCUT2D eigenvalue weighted by atomic mass is 16.6. The molecule has 1 aromatic heterocycles. The number of rotatable bonds is 4. The van der Waals surface area contributed by atoms with E-state index in [2.05, 4.69) is 10.3 Å². The molecule has 0 fully saturated rings. The van der Waals surface area contributed by atoms with Crippen molar-refractivity contribution in [2.45, 2.75) is 20.8 Å². The lowest BCUT2D eigenvalue weighted by molar-refractivity contribution is -0.385. The summed E-state index contributed by atoms with van der Waals surface area (Å²) in [7, 11) is 0. The molecular formula is C23H19N3O4. The molecule has 3 aromatic carbocycles. The molecule has 0 saturated heterocycles. The van der Waals surface area contributed by atoms with Crippen LogP contribution < -0.4 is 5.32 Å². The van der Waals surface area contributed by atoms with Gasteiger partial charge in [0.1, 0.15) is 5.52 Å². The van der Waals surface area contributed by atoms with E-state index in [1.54, 1.807) is 37.3 Å². The zero-order valence-electron chi connectivity index (χ0n) is 16.7. The van der Waals surface area contributed by atoms with Crippen LogP contribution in [0.5, 0.6) is 0 Å². The predicted molar refractivity (Wildman–Crippen MR) is 115 cm³/mol. The van der Waals surface area contributed by atoms with Crippen LogP contribution >= 0.6 is 0 Å². The maximum absolute atomic E-state index is 12.6. The van der Waals surface area contributed by atoms with E-state index in [1.807, 2.05) is 32.0 Å². The number of aryl methyl sites for hydroxylation is 3. The van der Waals surface area contributed by atoms with Gasteiger partial charge in [-0.05, 0) is 62.2 Å². The largest absolute Gasteiger partial charge is 0.436 e. The minimum absolute atomic E-state index is 0.0893. The van der Waals surface area contributed by atoms with Crippen molar-refractivity contribution in [3.8, 4) is 11.5 Å². The Bertz CT molecular complexity index is 1310. The van der Waals surface area contributed by atoms with Crippen LogP contribution in [0.2, 0.25) is 0 Å². The van der Waals surface area contributed by atoms with E-state index < -0.39 is 10.8 Å². The second-order valence-corrected chi connectivity index (χ2v) is 7.24. The Morgan fingerprint density at radius 1 is 1.03 bits per heavy atom. The molecule has 7 heteroatoms. The molecule has 4 rings (SSSR count). The third kappa shape index (κ3) is 3.65. The number of aromatic nitrogens is 1. The highest BCUT2D eigenvalue weighted by Crippen LogP contribution is 2.29. The van der Waals surface area contributed by atoms with Crippen LogP contribution in [-0.4, -0.2) is 15.8 Å². The Hall–Kier alpha value is -4.00. The van der Waals surface area contributed by atoms with Crippen molar-refractivity contribution < 1.29 is 14.1 Å². The van der Waals surface area contributed by atoms with E-state index in [9.17, 15) is 14.9 Å². The maximum atomic E-state index is 12.6. The molecule has 150 valence electrons. The maximum Gasteiger partial charge on any atom is 0.273 e. The second-order valence-electron chi connectivity index (χ2n) is 7.24. The summed E-state index contributed by atoms with van der Waals surface area (Å²) in [6.45, 7) is 5.61. The zero-order chi connectivity index (χ0) is 21.4. The number of nitro groups is 1. The lowest BCUT2D eigenvalue weighted by atomic mass is 10.1. The monoisotopic (exact) mass is 401 g/mol. The molecule has 0 aliphatic rings. The number of nitrogens with zero attached hydrogens (tertiary/aromatic N) is 2. The SMILES string of the molecule is Cc1cc(C)c2oc(-c3cccc(NC(=O)c4ccc(C)c([N+](=O)[O-])c4)c3)nc2c1. The van der Waals surface area contributed by atoms with Gasteiger partial charge < -0.3 is 9.73 Å². The number of nitro benzene ring substituents is 1. The summed E-state index contributed by atoms with van der Waals surface area (Å²) in [5, 5.41) is 13.9. The Morgan fingerprint density at radius 2 is 1.83 bits per heavy atom. The van der Waals surface area contributed by atoms with Crippen molar-refractivity contribution in [3.05, 3.63) is 87.0 Å². The summed E-state index contributed by atoms with van der Waals surface area (Å²) < 4.78 is 5.94. The summed E-state index contributed by atoms with van der Waals surface area (Å²) in [6, 6.07) is 15.5. The minimum Gasteiger partial charge on any atom is -0.436 e. The standard InChI is InChI=1S/C23H19N3O4/c1-13-9-15(3)21-19(10-13)25-23(30-21)17-5-4-6-18(11-17)24-22(27)16-8-7-14(2)20(12-16)26(28)29/h4-12H,1-3H3,(H,24,27). The second kappa shape index (κ2) is 7.44. The average Bonchev–Trinajstić information content (AvgIpc) is 3.12. The van der Waals surface area contributed by atoms with E-state index in [0.29, 0.717) is 17.1 Å². The molecule has 0 atom stereocenters. The van der Waals surface area contributed by atoms with Crippen molar-refractivity contribution >= 4 is 28.4 Å². The lowest BCUT2D eigenvalue weighted by Gasteiger charge is -2.07. The van der Waals surface area contributed by atoms with Crippen molar-refractivity contribution in [2.75, 3.05) is 5.32 Å². The van der Waals surface area contributed by atoms with Crippen molar-refractivity contribution in [3.63, 3.8) is 0 Å². The fraction of sp³-hybridized carbons (Fsp3) is 0.130. The van der Waals surface area contributed by atoms with Gasteiger partial charge in [0, 0.05) is 28.4 Å². The number of nitrogens with one attached hydrogen (secondary N) is 1. The molecule has 1 N–H and O–H groups in total. The van der Waals surface area contributed by atoms with E-state index >= 15 is 0 Å². The van der Waals surface area contributed by atoms with E-state index in [1.165, 1.54) is 6.07 Å². The summed E-state index contributed by atoms with van der Waals surface area (Å²) in [5.74, 6) is 0.0278. The van der Waals surface area contributed by atoms with Crippen LogP contribution in [0.3, 0.4) is 0 Å². The number of benzene rings is 3. The smallest absolute Gasteiger partial charge is 0.273 e. The van der Waals surface area contributed by atoms with Crippen molar-refractivity contribution in [1.29, 1.82) is 0 Å². The normalized spacial score (nSPS) is 10.9. The van der Waals surface area contributed by atoms with Crippen molar-refractivity contribution in [1.82, 2.24) is 4.98 Å². The predicted octanol–water partition coefficient (Wildman–Crippen LogP) is 5.58. The van der Waals surface area contributed by atoms with Crippen LogP contribution in [-0.2, 0) is 0 Å². The molecule has 0 radical (unpaired) electrons. The molecule has 30 heavy (non-hydrogen) atoms. The van der Waals surface area contributed by atoms with E-state index in [-0.39, 0.29) is 11.3 Å². The van der Waals surface area contributed by atoms with Gasteiger partial charge in [-0.25, -0.2) is 4.98 Å². The number of hydrogen-bond acceptors (Lipinski definition) is 5. The minimum atomic E-state index is -0.496. The number of oxazole rings is 1.